The van der Waals surface area contributed by atoms with Crippen LogP contribution in [0.25, 0.3) is 0 Å². The molecule has 0 saturated carbocycles. The molecule has 78 valence electrons. The Bertz CT molecular complexity index is 404. The Hall–Kier alpha value is -1.82. The second kappa shape index (κ2) is 4.61. The van der Waals surface area contributed by atoms with Crippen LogP contribution in [-0.4, -0.2) is 5.91 Å². The molecule has 0 spiro atoms. The lowest BCUT2D eigenvalue weighted by atomic mass is 9.87. The Morgan fingerprint density at radius 3 is 2.60 bits per heavy atom. The third-order valence-electron chi connectivity index (χ3n) is 2.35. The first-order valence-electron chi connectivity index (χ1n) is 4.85. The minimum Gasteiger partial charge on any atom is -0.369 e. The normalized spacial score (nSPS) is 12.1. The predicted octanol–water partition coefficient (Wildman–Crippen LogP) is 1.78. The van der Waals surface area contributed by atoms with Crippen LogP contribution >= 0.6 is 0 Å². The molecule has 1 atom stereocenters. The maximum absolute atomic E-state index is 11.3. The van der Waals surface area contributed by atoms with E-state index in [4.69, 9.17) is 11.0 Å². The zero-order chi connectivity index (χ0) is 11.4. The van der Waals surface area contributed by atoms with Gasteiger partial charge in [0.05, 0.1) is 17.6 Å². The fraction of sp³-hybridized carbons (Fsp3) is 0.333. The first-order chi connectivity index (χ1) is 7.06. The van der Waals surface area contributed by atoms with E-state index in [1.807, 2.05) is 26.0 Å². The molecule has 0 aliphatic carbocycles. The van der Waals surface area contributed by atoms with Gasteiger partial charge in [-0.2, -0.15) is 5.26 Å². The van der Waals surface area contributed by atoms with E-state index in [1.54, 1.807) is 18.2 Å². The molecular formula is C12H14N2O. The van der Waals surface area contributed by atoms with Crippen LogP contribution < -0.4 is 5.73 Å². The van der Waals surface area contributed by atoms with Crippen LogP contribution in [0.2, 0.25) is 0 Å². The summed E-state index contributed by atoms with van der Waals surface area (Å²) < 4.78 is 0. The van der Waals surface area contributed by atoms with Gasteiger partial charge in [0, 0.05) is 0 Å². The van der Waals surface area contributed by atoms with Crippen molar-refractivity contribution in [3.63, 3.8) is 0 Å². The van der Waals surface area contributed by atoms with Gasteiger partial charge in [-0.1, -0.05) is 26.0 Å². The molecule has 1 amide bonds. The number of carbonyl (C=O) groups is 1. The fourth-order valence-electron chi connectivity index (χ4n) is 1.68. The highest BCUT2D eigenvalue weighted by Crippen LogP contribution is 2.24. The molecular weight excluding hydrogens is 188 g/mol. The van der Waals surface area contributed by atoms with Crippen LogP contribution in [-0.2, 0) is 4.79 Å². The number of rotatable bonds is 3. The van der Waals surface area contributed by atoms with Crippen molar-refractivity contribution in [2.24, 2.45) is 11.7 Å². The van der Waals surface area contributed by atoms with Gasteiger partial charge in [0.15, 0.2) is 0 Å². The minimum absolute atomic E-state index is 0.136. The quantitative estimate of drug-likeness (QED) is 0.811. The van der Waals surface area contributed by atoms with E-state index in [2.05, 4.69) is 0 Å². The highest BCUT2D eigenvalue weighted by Gasteiger charge is 2.21. The molecule has 1 aromatic carbocycles. The smallest absolute Gasteiger partial charge is 0.225 e. The van der Waals surface area contributed by atoms with Gasteiger partial charge >= 0.3 is 0 Å². The lowest BCUT2D eigenvalue weighted by Crippen LogP contribution is -2.25. The number of amides is 1. The highest BCUT2D eigenvalue weighted by molar-refractivity contribution is 5.82. The van der Waals surface area contributed by atoms with E-state index in [9.17, 15) is 4.79 Å². The topological polar surface area (TPSA) is 66.9 Å². The Labute approximate surface area is 89.5 Å². The predicted molar refractivity (Wildman–Crippen MR) is 57.9 cm³/mol. The van der Waals surface area contributed by atoms with Crippen LogP contribution in [0, 0.1) is 17.2 Å². The summed E-state index contributed by atoms with van der Waals surface area (Å²) in [5.74, 6) is -0.533. The number of nitrogens with zero attached hydrogens (tertiary/aromatic N) is 1. The number of nitriles is 1. The third-order valence-corrected chi connectivity index (χ3v) is 2.35. The zero-order valence-electron chi connectivity index (χ0n) is 8.90. The molecule has 0 aromatic heterocycles. The lowest BCUT2D eigenvalue weighted by Gasteiger charge is -2.17. The molecule has 0 bridgehead atoms. The number of benzene rings is 1. The molecule has 2 N–H and O–H groups in total. The molecule has 3 nitrogen and oxygen atoms in total. The summed E-state index contributed by atoms with van der Waals surface area (Å²) in [5.41, 5.74) is 6.71. The third kappa shape index (κ3) is 2.57. The van der Waals surface area contributed by atoms with Gasteiger partial charge in [0.1, 0.15) is 0 Å². The second-order valence-corrected chi connectivity index (χ2v) is 3.86. The monoisotopic (exact) mass is 202 g/mol. The Kier molecular flexibility index (Phi) is 3.46. The number of hydrogen-bond donors (Lipinski definition) is 1. The molecule has 0 aliphatic rings. The van der Waals surface area contributed by atoms with Crippen LogP contribution in [0.3, 0.4) is 0 Å². The molecule has 0 saturated heterocycles. The molecule has 1 aromatic rings. The molecule has 0 fully saturated rings. The number of carbonyl (C=O) groups excluding carboxylic acids is 1. The summed E-state index contributed by atoms with van der Waals surface area (Å²) in [5, 5.41) is 8.75. The fourth-order valence-corrected chi connectivity index (χ4v) is 1.68. The Balaban J connectivity index is 3.12. The van der Waals surface area contributed by atoms with Gasteiger partial charge in [-0.3, -0.25) is 4.79 Å². The lowest BCUT2D eigenvalue weighted by molar-refractivity contribution is -0.120. The average Bonchev–Trinajstić information content (AvgIpc) is 2.17. The van der Waals surface area contributed by atoms with E-state index < -0.39 is 0 Å². The molecule has 3 heteroatoms. The van der Waals surface area contributed by atoms with Crippen molar-refractivity contribution >= 4 is 5.91 Å². The van der Waals surface area contributed by atoms with Crippen LogP contribution in [0.15, 0.2) is 24.3 Å². The minimum atomic E-state index is -0.347. The van der Waals surface area contributed by atoms with Crippen LogP contribution in [0.5, 0.6) is 0 Å². The molecule has 0 heterocycles. The molecule has 0 aliphatic heterocycles. The van der Waals surface area contributed by atoms with Gasteiger partial charge in [0.25, 0.3) is 0 Å². The SMILES string of the molecule is CC(C)C(C(N)=O)c1cccc(C#N)c1. The van der Waals surface area contributed by atoms with Crippen molar-refractivity contribution in [3.05, 3.63) is 35.4 Å². The van der Waals surface area contributed by atoms with Crippen LogP contribution in [0.1, 0.15) is 30.9 Å². The molecule has 0 radical (unpaired) electrons. The van der Waals surface area contributed by atoms with Gasteiger partial charge in [-0.15, -0.1) is 0 Å². The van der Waals surface area contributed by atoms with E-state index in [0.717, 1.165) is 5.56 Å². The summed E-state index contributed by atoms with van der Waals surface area (Å²) in [4.78, 5) is 11.3. The van der Waals surface area contributed by atoms with Crippen molar-refractivity contribution in [3.8, 4) is 6.07 Å². The Morgan fingerprint density at radius 1 is 1.47 bits per heavy atom. The second-order valence-electron chi connectivity index (χ2n) is 3.86. The van der Waals surface area contributed by atoms with Gasteiger partial charge in [0.2, 0.25) is 5.91 Å². The maximum atomic E-state index is 11.3. The summed E-state index contributed by atoms with van der Waals surface area (Å²) in [6.07, 6.45) is 0. The van der Waals surface area contributed by atoms with E-state index >= 15 is 0 Å². The van der Waals surface area contributed by atoms with Gasteiger partial charge < -0.3 is 5.73 Å². The maximum Gasteiger partial charge on any atom is 0.225 e. The molecule has 1 unspecified atom stereocenters. The van der Waals surface area contributed by atoms with Crippen molar-refractivity contribution in [2.45, 2.75) is 19.8 Å². The largest absolute Gasteiger partial charge is 0.369 e. The summed E-state index contributed by atoms with van der Waals surface area (Å²) in [6, 6.07) is 9.08. The van der Waals surface area contributed by atoms with Gasteiger partial charge in [-0.25, -0.2) is 0 Å². The van der Waals surface area contributed by atoms with Crippen LogP contribution in [0.4, 0.5) is 0 Å². The first-order valence-corrected chi connectivity index (χ1v) is 4.85. The molecule has 1 rings (SSSR count). The standard InChI is InChI=1S/C12H14N2O/c1-8(2)11(12(14)15)10-5-3-4-9(6-10)7-13/h3-6,8,11H,1-2H3,(H2,14,15). The summed E-state index contributed by atoms with van der Waals surface area (Å²) in [6.45, 7) is 3.88. The number of primary amides is 1. The van der Waals surface area contributed by atoms with E-state index in [-0.39, 0.29) is 17.7 Å². The number of hydrogen-bond acceptors (Lipinski definition) is 2. The van der Waals surface area contributed by atoms with Crippen molar-refractivity contribution in [1.82, 2.24) is 0 Å². The first kappa shape index (κ1) is 11.3. The highest BCUT2D eigenvalue weighted by atomic mass is 16.1. The van der Waals surface area contributed by atoms with E-state index in [1.165, 1.54) is 0 Å². The summed E-state index contributed by atoms with van der Waals surface area (Å²) >= 11 is 0. The van der Waals surface area contributed by atoms with Crippen molar-refractivity contribution in [2.75, 3.05) is 0 Å². The zero-order valence-corrected chi connectivity index (χ0v) is 8.90. The molecule has 15 heavy (non-hydrogen) atoms. The summed E-state index contributed by atoms with van der Waals surface area (Å²) in [7, 11) is 0. The van der Waals surface area contributed by atoms with Crippen molar-refractivity contribution in [1.29, 1.82) is 5.26 Å². The van der Waals surface area contributed by atoms with Crippen molar-refractivity contribution < 1.29 is 4.79 Å². The average molecular weight is 202 g/mol. The Morgan fingerprint density at radius 2 is 2.13 bits per heavy atom. The number of nitrogens with two attached hydrogens (primary N) is 1. The van der Waals surface area contributed by atoms with Gasteiger partial charge in [-0.05, 0) is 23.6 Å². The van der Waals surface area contributed by atoms with E-state index in [0.29, 0.717) is 5.56 Å².